The van der Waals surface area contributed by atoms with Crippen LogP contribution in [0.2, 0.25) is 0 Å². The molecule has 1 N–H and O–H groups in total. The molecule has 0 spiro atoms. The Kier molecular flexibility index (Phi) is 2.24. The lowest BCUT2D eigenvalue weighted by Gasteiger charge is -2.22. The minimum Gasteiger partial charge on any atom is -0.426 e. The number of hydrogen-bond acceptors (Lipinski definition) is 3. The van der Waals surface area contributed by atoms with Crippen LogP contribution in [0, 0.1) is 0 Å². The van der Waals surface area contributed by atoms with Crippen molar-refractivity contribution in [2.45, 2.75) is 13.0 Å². The van der Waals surface area contributed by atoms with Gasteiger partial charge in [-0.3, -0.25) is 4.79 Å². The van der Waals surface area contributed by atoms with Crippen LogP contribution in [0.5, 0.6) is 5.75 Å². The van der Waals surface area contributed by atoms with Crippen molar-refractivity contribution >= 4 is 17.7 Å². The number of benzene rings is 2. The summed E-state index contributed by atoms with van der Waals surface area (Å²) in [7, 11) is 0. The van der Waals surface area contributed by atoms with Gasteiger partial charge in [0.05, 0.1) is 6.04 Å². The minimum absolute atomic E-state index is 0.150. The predicted octanol–water partition coefficient (Wildman–Crippen LogP) is 3.12. The van der Waals surface area contributed by atoms with E-state index in [0.717, 1.165) is 16.8 Å². The van der Waals surface area contributed by atoms with Crippen LogP contribution in [0.3, 0.4) is 0 Å². The van der Waals surface area contributed by atoms with Crippen molar-refractivity contribution in [2.75, 3.05) is 0 Å². The summed E-state index contributed by atoms with van der Waals surface area (Å²) in [5, 5.41) is 3.51. The average molecular weight is 263 g/mol. The van der Waals surface area contributed by atoms with Crippen LogP contribution in [-0.4, -0.2) is 5.97 Å². The van der Waals surface area contributed by atoms with E-state index in [4.69, 9.17) is 4.74 Å². The molecule has 1 unspecified atom stereocenters. The molecule has 2 aromatic carbocycles. The minimum atomic E-state index is -0.291. The number of carbonyl (C=O) groups excluding carboxylic acids is 1. The van der Waals surface area contributed by atoms with Gasteiger partial charge in [-0.15, -0.1) is 0 Å². The Hall–Kier alpha value is -2.55. The summed E-state index contributed by atoms with van der Waals surface area (Å²) in [6, 6.07) is 14.3. The molecule has 98 valence electrons. The van der Waals surface area contributed by atoms with Gasteiger partial charge in [-0.05, 0) is 23.3 Å². The first-order valence-corrected chi connectivity index (χ1v) is 6.63. The van der Waals surface area contributed by atoms with E-state index in [2.05, 4.69) is 35.7 Å². The van der Waals surface area contributed by atoms with Gasteiger partial charge in [0.15, 0.2) is 0 Å². The van der Waals surface area contributed by atoms with Crippen LogP contribution in [0.1, 0.15) is 35.2 Å². The van der Waals surface area contributed by atoms with E-state index in [0.29, 0.717) is 5.75 Å². The summed E-state index contributed by atoms with van der Waals surface area (Å²) in [5.74, 6) is 0.340. The molecule has 0 saturated carbocycles. The molecule has 3 heteroatoms. The zero-order chi connectivity index (χ0) is 13.7. The van der Waals surface area contributed by atoms with E-state index >= 15 is 0 Å². The number of carbonyl (C=O) groups is 1. The second kappa shape index (κ2) is 3.97. The van der Waals surface area contributed by atoms with Crippen LogP contribution in [-0.2, 0) is 4.79 Å². The molecule has 1 atom stereocenters. The first kappa shape index (κ1) is 11.3. The van der Waals surface area contributed by atoms with Crippen molar-refractivity contribution in [1.29, 1.82) is 0 Å². The van der Waals surface area contributed by atoms with Gasteiger partial charge in [-0.1, -0.05) is 36.4 Å². The van der Waals surface area contributed by atoms with Gasteiger partial charge in [0.2, 0.25) is 0 Å². The van der Waals surface area contributed by atoms with Gasteiger partial charge in [-0.25, -0.2) is 0 Å². The zero-order valence-corrected chi connectivity index (χ0v) is 11.0. The van der Waals surface area contributed by atoms with Gasteiger partial charge in [0, 0.05) is 23.7 Å². The van der Waals surface area contributed by atoms with E-state index in [9.17, 15) is 4.79 Å². The molecule has 2 aliphatic rings. The van der Waals surface area contributed by atoms with Crippen LogP contribution in [0.15, 0.2) is 42.5 Å². The number of fused-ring (bicyclic) bond motifs is 7. The molecule has 3 nitrogen and oxygen atoms in total. The van der Waals surface area contributed by atoms with Crippen LogP contribution < -0.4 is 10.1 Å². The van der Waals surface area contributed by atoms with Crippen LogP contribution in [0.4, 0.5) is 0 Å². The van der Waals surface area contributed by atoms with E-state index in [1.54, 1.807) is 0 Å². The Labute approximate surface area is 116 Å². The van der Waals surface area contributed by atoms with Gasteiger partial charge in [0.25, 0.3) is 0 Å². The lowest BCUT2D eigenvalue weighted by Crippen LogP contribution is -2.18. The fraction of sp³-hybridized carbons (Fsp3) is 0.118. The molecule has 2 bridgehead atoms. The number of rotatable bonds is 1. The molecular formula is C17H13NO2. The summed E-state index contributed by atoms with van der Waals surface area (Å²) < 4.78 is 5.32. The quantitative estimate of drug-likeness (QED) is 0.634. The maximum atomic E-state index is 11.2. The molecule has 0 aromatic heterocycles. The van der Waals surface area contributed by atoms with Gasteiger partial charge < -0.3 is 10.1 Å². The van der Waals surface area contributed by atoms with Crippen molar-refractivity contribution in [3.05, 3.63) is 64.7 Å². The third-order valence-corrected chi connectivity index (χ3v) is 3.82. The first-order chi connectivity index (χ1) is 9.74. The van der Waals surface area contributed by atoms with E-state index in [-0.39, 0.29) is 12.0 Å². The zero-order valence-electron chi connectivity index (χ0n) is 11.0. The maximum absolute atomic E-state index is 11.2. The highest BCUT2D eigenvalue weighted by atomic mass is 16.5. The number of hydrogen-bond donors (Lipinski definition) is 1. The van der Waals surface area contributed by atoms with Gasteiger partial charge in [-0.2, -0.15) is 0 Å². The maximum Gasteiger partial charge on any atom is 0.308 e. The standard InChI is InChI=1S/C17H13NO2/c1-10(19)20-16-8-4-7-13-14(16)9-15-11-5-2-3-6-12(11)17(13)18-15/h2-9,17-18H,1H3. The second-order valence-corrected chi connectivity index (χ2v) is 5.08. The third kappa shape index (κ3) is 1.50. The summed E-state index contributed by atoms with van der Waals surface area (Å²) in [5.41, 5.74) is 5.74. The average Bonchev–Trinajstić information content (AvgIpc) is 2.74. The highest BCUT2D eigenvalue weighted by Gasteiger charge is 2.32. The molecule has 0 amide bonds. The Morgan fingerprint density at radius 3 is 2.75 bits per heavy atom. The summed E-state index contributed by atoms with van der Waals surface area (Å²) >= 11 is 0. The molecule has 4 rings (SSSR count). The highest BCUT2D eigenvalue weighted by molar-refractivity contribution is 5.91. The Morgan fingerprint density at radius 2 is 1.90 bits per heavy atom. The molecule has 0 aliphatic carbocycles. The van der Waals surface area contributed by atoms with Crippen molar-refractivity contribution in [3.63, 3.8) is 0 Å². The lowest BCUT2D eigenvalue weighted by molar-refractivity contribution is -0.131. The number of ether oxygens (including phenoxy) is 1. The van der Waals surface area contributed by atoms with E-state index in [1.807, 2.05) is 18.2 Å². The summed E-state index contributed by atoms with van der Waals surface area (Å²) in [4.78, 5) is 11.2. The van der Waals surface area contributed by atoms with Crippen molar-refractivity contribution in [1.82, 2.24) is 5.32 Å². The Bertz CT molecular complexity index is 761. The van der Waals surface area contributed by atoms with E-state index < -0.39 is 0 Å². The molecule has 2 aliphatic heterocycles. The van der Waals surface area contributed by atoms with Crippen LogP contribution >= 0.6 is 0 Å². The van der Waals surface area contributed by atoms with Gasteiger partial charge >= 0.3 is 5.97 Å². The van der Waals surface area contributed by atoms with Crippen molar-refractivity contribution in [2.24, 2.45) is 0 Å². The monoisotopic (exact) mass is 263 g/mol. The second-order valence-electron chi connectivity index (χ2n) is 5.08. The highest BCUT2D eigenvalue weighted by Crippen LogP contribution is 2.45. The van der Waals surface area contributed by atoms with E-state index in [1.165, 1.54) is 18.1 Å². The third-order valence-electron chi connectivity index (χ3n) is 3.82. The summed E-state index contributed by atoms with van der Waals surface area (Å²) in [6.45, 7) is 1.43. The molecule has 2 heterocycles. The largest absolute Gasteiger partial charge is 0.426 e. The lowest BCUT2D eigenvalue weighted by atomic mass is 9.95. The Morgan fingerprint density at radius 1 is 1.10 bits per heavy atom. The van der Waals surface area contributed by atoms with Crippen molar-refractivity contribution in [3.8, 4) is 5.75 Å². The normalized spacial score (nSPS) is 17.6. The topological polar surface area (TPSA) is 38.3 Å². The van der Waals surface area contributed by atoms with Gasteiger partial charge in [0.1, 0.15) is 5.75 Å². The fourth-order valence-electron chi connectivity index (χ4n) is 3.03. The SMILES string of the molecule is CC(=O)Oc1cccc2c1C=C1NC2c2ccccc21. The van der Waals surface area contributed by atoms with Crippen molar-refractivity contribution < 1.29 is 9.53 Å². The molecule has 0 saturated heterocycles. The number of esters is 1. The summed E-state index contributed by atoms with van der Waals surface area (Å²) in [6.07, 6.45) is 2.07. The number of nitrogens with one attached hydrogen (secondary N) is 1. The molecular weight excluding hydrogens is 250 g/mol. The predicted molar refractivity (Wildman–Crippen MR) is 77.0 cm³/mol. The first-order valence-electron chi connectivity index (χ1n) is 6.63. The fourth-order valence-corrected chi connectivity index (χ4v) is 3.03. The smallest absolute Gasteiger partial charge is 0.308 e. The molecule has 0 fully saturated rings. The Balaban J connectivity index is 1.93. The molecule has 2 aromatic rings. The van der Waals surface area contributed by atoms with Crippen LogP contribution in [0.25, 0.3) is 11.8 Å². The molecule has 0 radical (unpaired) electrons. The molecule has 20 heavy (non-hydrogen) atoms.